The summed E-state index contributed by atoms with van der Waals surface area (Å²) >= 11 is 0. The molecule has 3 rings (SSSR count). The number of nitrogens with zero attached hydrogens (tertiary/aromatic N) is 4. The molecule has 2 aromatic rings. The van der Waals surface area contributed by atoms with Crippen LogP contribution in [0.25, 0.3) is 0 Å². The Kier molecular flexibility index (Phi) is 4.04. The van der Waals surface area contributed by atoms with Crippen LogP contribution in [-0.2, 0) is 0 Å². The molecule has 0 aliphatic carbocycles. The first-order chi connectivity index (χ1) is 10.3. The maximum Gasteiger partial charge on any atom is 0.272 e. The third-order valence-corrected chi connectivity index (χ3v) is 3.38. The van der Waals surface area contributed by atoms with Crippen LogP contribution >= 0.6 is 0 Å². The van der Waals surface area contributed by atoms with E-state index in [1.54, 1.807) is 41.6 Å². The number of aromatic nitrogens is 3. The predicted octanol–water partition coefficient (Wildman–Crippen LogP) is 1.56. The van der Waals surface area contributed by atoms with E-state index in [9.17, 15) is 4.79 Å². The van der Waals surface area contributed by atoms with E-state index in [0.29, 0.717) is 18.1 Å². The summed E-state index contributed by atoms with van der Waals surface area (Å²) in [6.45, 7) is 1.28. The summed E-state index contributed by atoms with van der Waals surface area (Å²) in [6.07, 6.45) is 4.99. The molecule has 0 bridgehead atoms. The van der Waals surface area contributed by atoms with E-state index < -0.39 is 0 Å². The molecule has 6 nitrogen and oxygen atoms in total. The molecule has 1 aliphatic heterocycles. The lowest BCUT2D eigenvalue weighted by molar-refractivity contribution is 0.0520. The highest BCUT2D eigenvalue weighted by Gasteiger charge is 2.26. The maximum atomic E-state index is 12.4. The third-order valence-electron chi connectivity index (χ3n) is 3.38. The molecule has 0 radical (unpaired) electrons. The minimum Gasteiger partial charge on any atom is -0.471 e. The van der Waals surface area contributed by atoms with Crippen LogP contribution in [0.1, 0.15) is 23.3 Å². The van der Waals surface area contributed by atoms with Crippen molar-refractivity contribution in [2.75, 3.05) is 13.1 Å². The molecule has 2 aromatic heterocycles. The molecule has 1 fully saturated rings. The lowest BCUT2D eigenvalue weighted by Crippen LogP contribution is -2.44. The molecule has 0 N–H and O–H groups in total. The fourth-order valence-corrected chi connectivity index (χ4v) is 2.39. The van der Waals surface area contributed by atoms with E-state index in [1.165, 1.54) is 0 Å². The van der Waals surface area contributed by atoms with Crippen LogP contribution in [0.3, 0.4) is 0 Å². The number of rotatable bonds is 3. The summed E-state index contributed by atoms with van der Waals surface area (Å²) in [5.74, 6) is 0.442. The first-order valence-electron chi connectivity index (χ1n) is 6.97. The van der Waals surface area contributed by atoms with Gasteiger partial charge in [-0.25, -0.2) is 0 Å². The Morgan fingerprint density at radius 1 is 1.24 bits per heavy atom. The van der Waals surface area contributed by atoms with Gasteiger partial charge in [0.2, 0.25) is 5.88 Å². The number of carbonyl (C=O) groups is 1. The fourth-order valence-electron chi connectivity index (χ4n) is 2.39. The van der Waals surface area contributed by atoms with E-state index in [-0.39, 0.29) is 12.0 Å². The molecule has 6 heteroatoms. The standard InChI is InChI=1S/C15H16N4O2/c20-15(13-6-1-2-8-16-13)19-10-4-5-12(11-19)21-14-7-3-9-17-18-14/h1-3,6-9,12H,4-5,10-11H2/t12-/m0/s1. The fraction of sp³-hybridized carbons (Fsp3) is 0.333. The number of carbonyl (C=O) groups excluding carboxylic acids is 1. The van der Waals surface area contributed by atoms with Crippen molar-refractivity contribution in [2.24, 2.45) is 0 Å². The largest absolute Gasteiger partial charge is 0.471 e. The van der Waals surface area contributed by atoms with Crippen LogP contribution < -0.4 is 4.74 Å². The monoisotopic (exact) mass is 284 g/mol. The van der Waals surface area contributed by atoms with Gasteiger partial charge in [-0.15, -0.1) is 5.10 Å². The third kappa shape index (κ3) is 3.34. The van der Waals surface area contributed by atoms with Crippen molar-refractivity contribution in [3.05, 3.63) is 48.4 Å². The molecule has 1 amide bonds. The van der Waals surface area contributed by atoms with Crippen molar-refractivity contribution in [1.29, 1.82) is 0 Å². The summed E-state index contributed by atoms with van der Waals surface area (Å²) in [4.78, 5) is 18.3. The molecule has 0 saturated carbocycles. The molecule has 21 heavy (non-hydrogen) atoms. The highest BCUT2D eigenvalue weighted by molar-refractivity contribution is 5.92. The summed E-state index contributed by atoms with van der Waals surface area (Å²) < 4.78 is 5.78. The molecule has 108 valence electrons. The quantitative estimate of drug-likeness (QED) is 0.855. The van der Waals surface area contributed by atoms with Gasteiger partial charge < -0.3 is 9.64 Å². The number of likely N-dealkylation sites (tertiary alicyclic amines) is 1. The summed E-state index contributed by atoms with van der Waals surface area (Å²) in [5, 5.41) is 7.70. The number of ether oxygens (including phenoxy) is 1. The average Bonchev–Trinajstić information content (AvgIpc) is 2.56. The summed E-state index contributed by atoms with van der Waals surface area (Å²) in [5.41, 5.74) is 0.470. The smallest absolute Gasteiger partial charge is 0.272 e. The SMILES string of the molecule is O=C(c1ccccn1)N1CCC[C@H](Oc2cccnn2)C1. The predicted molar refractivity (Wildman–Crippen MR) is 75.8 cm³/mol. The van der Waals surface area contributed by atoms with Gasteiger partial charge in [0, 0.05) is 25.0 Å². The maximum absolute atomic E-state index is 12.4. The normalized spacial score (nSPS) is 18.3. The highest BCUT2D eigenvalue weighted by atomic mass is 16.5. The van der Waals surface area contributed by atoms with Crippen molar-refractivity contribution in [3.63, 3.8) is 0 Å². The second-order valence-electron chi connectivity index (χ2n) is 4.91. The molecule has 1 atom stereocenters. The van der Waals surface area contributed by atoms with Gasteiger partial charge in [-0.2, -0.15) is 5.10 Å². The Hall–Kier alpha value is -2.50. The van der Waals surface area contributed by atoms with Gasteiger partial charge in [0.1, 0.15) is 11.8 Å². The highest BCUT2D eigenvalue weighted by Crippen LogP contribution is 2.17. The molecule has 0 spiro atoms. The van der Waals surface area contributed by atoms with Gasteiger partial charge in [0.05, 0.1) is 6.54 Å². The van der Waals surface area contributed by atoms with Crippen molar-refractivity contribution < 1.29 is 9.53 Å². The molecular weight excluding hydrogens is 268 g/mol. The Morgan fingerprint density at radius 2 is 2.19 bits per heavy atom. The number of hydrogen-bond donors (Lipinski definition) is 0. The lowest BCUT2D eigenvalue weighted by atomic mass is 10.1. The first-order valence-corrected chi connectivity index (χ1v) is 6.97. The van der Waals surface area contributed by atoms with Crippen LogP contribution in [0.2, 0.25) is 0 Å². The van der Waals surface area contributed by atoms with E-state index >= 15 is 0 Å². The Balaban J connectivity index is 1.64. The van der Waals surface area contributed by atoms with E-state index in [1.807, 2.05) is 6.07 Å². The van der Waals surface area contributed by atoms with E-state index in [2.05, 4.69) is 15.2 Å². The van der Waals surface area contributed by atoms with Crippen LogP contribution in [0.5, 0.6) is 5.88 Å². The van der Waals surface area contributed by atoms with Gasteiger partial charge in [0.15, 0.2) is 0 Å². The number of hydrogen-bond acceptors (Lipinski definition) is 5. The molecule has 1 saturated heterocycles. The molecular formula is C15H16N4O2. The van der Waals surface area contributed by atoms with Gasteiger partial charge in [-0.1, -0.05) is 6.07 Å². The Labute approximate surface area is 122 Å². The average molecular weight is 284 g/mol. The van der Waals surface area contributed by atoms with Gasteiger partial charge in [0.25, 0.3) is 5.91 Å². The van der Waals surface area contributed by atoms with Gasteiger partial charge in [-0.05, 0) is 31.0 Å². The lowest BCUT2D eigenvalue weighted by Gasteiger charge is -2.32. The van der Waals surface area contributed by atoms with Crippen molar-refractivity contribution in [3.8, 4) is 5.88 Å². The van der Waals surface area contributed by atoms with Crippen LogP contribution in [0, 0.1) is 0 Å². The van der Waals surface area contributed by atoms with Crippen LogP contribution in [0.15, 0.2) is 42.7 Å². The molecule has 0 aromatic carbocycles. The summed E-state index contributed by atoms with van der Waals surface area (Å²) in [6, 6.07) is 8.90. The zero-order valence-electron chi connectivity index (χ0n) is 11.6. The number of piperidine rings is 1. The van der Waals surface area contributed by atoms with Crippen molar-refractivity contribution >= 4 is 5.91 Å². The van der Waals surface area contributed by atoms with E-state index in [4.69, 9.17) is 4.74 Å². The second kappa shape index (κ2) is 6.30. The van der Waals surface area contributed by atoms with E-state index in [0.717, 1.165) is 19.4 Å². The number of amides is 1. The minimum atomic E-state index is -0.0527. The first kappa shape index (κ1) is 13.5. The van der Waals surface area contributed by atoms with Crippen LogP contribution in [0.4, 0.5) is 0 Å². The van der Waals surface area contributed by atoms with Crippen molar-refractivity contribution in [2.45, 2.75) is 18.9 Å². The second-order valence-corrected chi connectivity index (χ2v) is 4.91. The Morgan fingerprint density at radius 3 is 2.95 bits per heavy atom. The van der Waals surface area contributed by atoms with Gasteiger partial charge in [-0.3, -0.25) is 9.78 Å². The van der Waals surface area contributed by atoms with Crippen molar-refractivity contribution in [1.82, 2.24) is 20.1 Å². The minimum absolute atomic E-state index is 0.0527. The van der Waals surface area contributed by atoms with Crippen LogP contribution in [-0.4, -0.2) is 45.2 Å². The topological polar surface area (TPSA) is 68.2 Å². The number of pyridine rings is 1. The molecule has 1 aliphatic rings. The zero-order chi connectivity index (χ0) is 14.5. The van der Waals surface area contributed by atoms with Gasteiger partial charge >= 0.3 is 0 Å². The zero-order valence-corrected chi connectivity index (χ0v) is 11.6. The molecule has 0 unspecified atom stereocenters. The summed E-state index contributed by atoms with van der Waals surface area (Å²) in [7, 11) is 0. The molecule has 3 heterocycles. The Bertz CT molecular complexity index is 591.